The van der Waals surface area contributed by atoms with Gasteiger partial charge in [-0.2, -0.15) is 0 Å². The average Bonchev–Trinajstić information content (AvgIpc) is 2.69. The van der Waals surface area contributed by atoms with Crippen LogP contribution < -0.4 is 5.32 Å². The van der Waals surface area contributed by atoms with Crippen molar-refractivity contribution in [2.24, 2.45) is 0 Å². The number of rotatable bonds is 8. The molecule has 7 heteroatoms. The van der Waals surface area contributed by atoms with E-state index >= 15 is 0 Å². The zero-order valence-corrected chi connectivity index (χ0v) is 13.6. The second-order valence-corrected chi connectivity index (χ2v) is 7.80. The summed E-state index contributed by atoms with van der Waals surface area (Å²) in [6.07, 6.45) is 1.56. The summed E-state index contributed by atoms with van der Waals surface area (Å²) in [6, 6.07) is -0.138. The van der Waals surface area contributed by atoms with E-state index < -0.39 is 9.84 Å². The lowest BCUT2D eigenvalue weighted by Crippen LogP contribution is -2.45. The molecule has 0 saturated carbocycles. The van der Waals surface area contributed by atoms with Crippen LogP contribution in [0.3, 0.4) is 0 Å². The van der Waals surface area contributed by atoms with Gasteiger partial charge in [-0.15, -0.1) is 0 Å². The molecule has 6 nitrogen and oxygen atoms in total. The molecule has 1 fully saturated rings. The van der Waals surface area contributed by atoms with Gasteiger partial charge in [-0.05, 0) is 47.0 Å². The Morgan fingerprint density at radius 2 is 2.05 bits per heavy atom. The number of nitrogens with one attached hydrogen (secondary N) is 1. The molecular formula is C13H27N3O3S. The van der Waals surface area contributed by atoms with Crippen LogP contribution in [0.5, 0.6) is 0 Å². The topological polar surface area (TPSA) is 69.7 Å². The van der Waals surface area contributed by atoms with Crippen LogP contribution >= 0.6 is 0 Å². The highest BCUT2D eigenvalue weighted by molar-refractivity contribution is 7.91. The van der Waals surface area contributed by atoms with Crippen LogP contribution in [0.1, 0.15) is 19.8 Å². The van der Waals surface area contributed by atoms with Crippen LogP contribution in [0.2, 0.25) is 0 Å². The molecule has 0 aromatic carbocycles. The van der Waals surface area contributed by atoms with Gasteiger partial charge in [0.05, 0.1) is 18.1 Å². The van der Waals surface area contributed by atoms with Crippen molar-refractivity contribution in [2.45, 2.75) is 25.8 Å². The molecule has 1 saturated heterocycles. The Kier molecular flexibility index (Phi) is 6.91. The molecule has 1 atom stereocenters. The van der Waals surface area contributed by atoms with Gasteiger partial charge in [0, 0.05) is 12.6 Å². The Bertz CT molecular complexity index is 409. The quantitative estimate of drug-likeness (QED) is 0.616. The Morgan fingerprint density at radius 3 is 2.55 bits per heavy atom. The summed E-state index contributed by atoms with van der Waals surface area (Å²) in [4.78, 5) is 15.9. The van der Waals surface area contributed by atoms with E-state index in [0.29, 0.717) is 13.0 Å². The van der Waals surface area contributed by atoms with Crippen molar-refractivity contribution in [3.8, 4) is 0 Å². The lowest BCUT2D eigenvalue weighted by Gasteiger charge is -2.27. The van der Waals surface area contributed by atoms with E-state index in [2.05, 4.69) is 10.2 Å². The first-order valence-electron chi connectivity index (χ1n) is 7.21. The van der Waals surface area contributed by atoms with Gasteiger partial charge >= 0.3 is 0 Å². The van der Waals surface area contributed by atoms with E-state index in [1.165, 1.54) is 0 Å². The SMILES string of the molecule is CCN(C(=O)CNCCCN(C)C)C1CCS(=O)(=O)C1. The number of carbonyl (C=O) groups is 1. The summed E-state index contributed by atoms with van der Waals surface area (Å²) in [5.41, 5.74) is 0. The molecule has 1 unspecified atom stereocenters. The molecule has 20 heavy (non-hydrogen) atoms. The smallest absolute Gasteiger partial charge is 0.236 e. The molecule has 0 aromatic rings. The monoisotopic (exact) mass is 305 g/mol. The number of likely N-dealkylation sites (N-methyl/N-ethyl adjacent to an activating group) is 1. The molecule has 0 bridgehead atoms. The van der Waals surface area contributed by atoms with Gasteiger partial charge in [0.25, 0.3) is 0 Å². The zero-order valence-electron chi connectivity index (χ0n) is 12.8. The van der Waals surface area contributed by atoms with Crippen LogP contribution in [-0.2, 0) is 14.6 Å². The maximum absolute atomic E-state index is 12.1. The Hall–Kier alpha value is -0.660. The highest BCUT2D eigenvalue weighted by Gasteiger charge is 2.33. The number of hydrogen-bond acceptors (Lipinski definition) is 5. The molecule has 1 N–H and O–H groups in total. The van der Waals surface area contributed by atoms with Gasteiger partial charge in [0.15, 0.2) is 9.84 Å². The van der Waals surface area contributed by atoms with E-state index in [4.69, 9.17) is 0 Å². The maximum Gasteiger partial charge on any atom is 0.236 e. The van der Waals surface area contributed by atoms with Crippen molar-refractivity contribution in [3.05, 3.63) is 0 Å². The second kappa shape index (κ2) is 7.95. The Balaban J connectivity index is 2.33. The average molecular weight is 305 g/mol. The minimum Gasteiger partial charge on any atom is -0.338 e. The number of carbonyl (C=O) groups excluding carboxylic acids is 1. The molecule has 118 valence electrons. The molecule has 0 spiro atoms. The van der Waals surface area contributed by atoms with Crippen molar-refractivity contribution in [1.29, 1.82) is 0 Å². The van der Waals surface area contributed by atoms with Crippen molar-refractivity contribution in [1.82, 2.24) is 15.1 Å². The van der Waals surface area contributed by atoms with Crippen molar-refractivity contribution < 1.29 is 13.2 Å². The molecule has 0 radical (unpaired) electrons. The molecular weight excluding hydrogens is 278 g/mol. The molecule has 1 amide bonds. The van der Waals surface area contributed by atoms with Gasteiger partial charge in [-0.1, -0.05) is 0 Å². The van der Waals surface area contributed by atoms with Gasteiger partial charge in [0.2, 0.25) is 5.91 Å². The second-order valence-electron chi connectivity index (χ2n) is 5.57. The van der Waals surface area contributed by atoms with Gasteiger partial charge < -0.3 is 15.1 Å². The lowest BCUT2D eigenvalue weighted by atomic mass is 10.2. The maximum atomic E-state index is 12.1. The van der Waals surface area contributed by atoms with Crippen LogP contribution in [0.4, 0.5) is 0 Å². The zero-order chi connectivity index (χ0) is 15.2. The highest BCUT2D eigenvalue weighted by Crippen LogP contribution is 2.17. The fourth-order valence-corrected chi connectivity index (χ4v) is 4.21. The number of hydrogen-bond donors (Lipinski definition) is 1. The third-order valence-electron chi connectivity index (χ3n) is 3.55. The van der Waals surface area contributed by atoms with E-state index in [1.54, 1.807) is 4.90 Å². The van der Waals surface area contributed by atoms with Crippen molar-refractivity contribution >= 4 is 15.7 Å². The Morgan fingerprint density at radius 1 is 1.35 bits per heavy atom. The van der Waals surface area contributed by atoms with Crippen LogP contribution in [0, 0.1) is 0 Å². The normalized spacial score (nSPS) is 21.3. The summed E-state index contributed by atoms with van der Waals surface area (Å²) < 4.78 is 23.0. The van der Waals surface area contributed by atoms with Gasteiger partial charge in [-0.3, -0.25) is 4.79 Å². The predicted octanol–water partition coefficient (Wildman–Crippen LogP) is -0.437. The predicted molar refractivity (Wildman–Crippen MR) is 80.5 cm³/mol. The molecule has 1 aliphatic heterocycles. The first kappa shape index (κ1) is 17.4. The van der Waals surface area contributed by atoms with Crippen molar-refractivity contribution in [2.75, 3.05) is 51.8 Å². The first-order valence-corrected chi connectivity index (χ1v) is 9.03. The molecule has 1 rings (SSSR count). The summed E-state index contributed by atoms with van der Waals surface area (Å²) in [6.45, 7) is 4.54. The molecule has 0 aromatic heterocycles. The molecule has 1 heterocycles. The van der Waals surface area contributed by atoms with E-state index in [9.17, 15) is 13.2 Å². The third-order valence-corrected chi connectivity index (χ3v) is 5.30. The summed E-state index contributed by atoms with van der Waals surface area (Å²) in [7, 11) is 1.09. The van der Waals surface area contributed by atoms with Crippen LogP contribution in [0.25, 0.3) is 0 Å². The summed E-state index contributed by atoms with van der Waals surface area (Å²) in [5, 5.41) is 3.13. The standard InChI is InChI=1S/C13H27N3O3S/c1-4-16(12-6-9-20(18,19)11-12)13(17)10-14-7-5-8-15(2)3/h12,14H,4-11H2,1-3H3. The van der Waals surface area contributed by atoms with E-state index in [-0.39, 0.29) is 30.0 Å². The highest BCUT2D eigenvalue weighted by atomic mass is 32.2. The van der Waals surface area contributed by atoms with Crippen LogP contribution in [-0.4, -0.2) is 81.9 Å². The number of amides is 1. The third kappa shape index (κ3) is 5.76. The summed E-state index contributed by atoms with van der Waals surface area (Å²) >= 11 is 0. The van der Waals surface area contributed by atoms with Gasteiger partial charge in [-0.25, -0.2) is 8.42 Å². The molecule has 1 aliphatic rings. The van der Waals surface area contributed by atoms with Crippen molar-refractivity contribution in [3.63, 3.8) is 0 Å². The van der Waals surface area contributed by atoms with E-state index in [1.807, 2.05) is 21.0 Å². The summed E-state index contributed by atoms with van der Waals surface area (Å²) in [5.74, 6) is 0.324. The first-order chi connectivity index (χ1) is 9.35. The van der Waals surface area contributed by atoms with Gasteiger partial charge in [0.1, 0.15) is 0 Å². The fraction of sp³-hybridized carbons (Fsp3) is 0.923. The molecule has 0 aliphatic carbocycles. The largest absolute Gasteiger partial charge is 0.338 e. The van der Waals surface area contributed by atoms with Crippen LogP contribution in [0.15, 0.2) is 0 Å². The van der Waals surface area contributed by atoms with E-state index in [0.717, 1.165) is 19.5 Å². The fourth-order valence-electron chi connectivity index (χ4n) is 2.48. The number of nitrogens with zero attached hydrogens (tertiary/aromatic N) is 2. The lowest BCUT2D eigenvalue weighted by molar-refractivity contribution is -0.131. The Labute approximate surface area is 122 Å². The minimum absolute atomic E-state index is 0.000506. The minimum atomic E-state index is -2.94. The number of sulfone groups is 1.